The van der Waals surface area contributed by atoms with Crippen LogP contribution in [-0.4, -0.2) is 49.8 Å². The molecular weight excluding hydrogens is 224 g/mol. The number of hydrogen-bond acceptors (Lipinski definition) is 4. The van der Waals surface area contributed by atoms with Gasteiger partial charge in [0.2, 0.25) is 11.8 Å². The molecule has 0 spiro atoms. The highest BCUT2D eigenvalue weighted by molar-refractivity contribution is 5.78. The Morgan fingerprint density at radius 2 is 1.82 bits per heavy atom. The van der Waals surface area contributed by atoms with Crippen molar-refractivity contribution in [3.63, 3.8) is 0 Å². The molecule has 6 heteroatoms. The average molecular weight is 246 g/mol. The number of rotatable bonds is 9. The first-order valence-corrected chi connectivity index (χ1v) is 5.84. The van der Waals surface area contributed by atoms with Crippen LogP contribution in [0.2, 0.25) is 0 Å². The van der Waals surface area contributed by atoms with E-state index in [9.17, 15) is 9.59 Å². The number of aliphatic hydroxyl groups is 1. The highest BCUT2D eigenvalue weighted by atomic mass is 16.5. The summed E-state index contributed by atoms with van der Waals surface area (Å²) in [6.45, 7) is 4.99. The van der Waals surface area contributed by atoms with E-state index >= 15 is 0 Å². The van der Waals surface area contributed by atoms with E-state index in [2.05, 4.69) is 10.6 Å². The molecule has 0 aromatic rings. The zero-order chi connectivity index (χ0) is 13.1. The van der Waals surface area contributed by atoms with E-state index in [0.29, 0.717) is 32.7 Å². The van der Waals surface area contributed by atoms with Crippen molar-refractivity contribution in [1.29, 1.82) is 0 Å². The number of hydrogen-bond donors (Lipinski definition) is 3. The van der Waals surface area contributed by atoms with Gasteiger partial charge in [-0.1, -0.05) is 13.8 Å². The van der Waals surface area contributed by atoms with Crippen molar-refractivity contribution in [2.45, 2.75) is 20.3 Å². The minimum absolute atomic E-state index is 0.00123. The quantitative estimate of drug-likeness (QED) is 0.468. The second-order valence-corrected chi connectivity index (χ2v) is 3.69. The summed E-state index contributed by atoms with van der Waals surface area (Å²) >= 11 is 0. The molecule has 0 aliphatic heterocycles. The number of carbonyl (C=O) groups excluding carboxylic acids is 2. The van der Waals surface area contributed by atoms with Crippen LogP contribution in [0.4, 0.5) is 0 Å². The van der Waals surface area contributed by atoms with Crippen molar-refractivity contribution < 1.29 is 19.4 Å². The van der Waals surface area contributed by atoms with Gasteiger partial charge in [0, 0.05) is 19.5 Å². The van der Waals surface area contributed by atoms with Crippen LogP contribution in [0.3, 0.4) is 0 Å². The largest absolute Gasteiger partial charge is 0.396 e. The van der Waals surface area contributed by atoms with Gasteiger partial charge in [0.1, 0.15) is 0 Å². The molecule has 0 fully saturated rings. The van der Waals surface area contributed by atoms with Crippen molar-refractivity contribution in [2.24, 2.45) is 5.92 Å². The maximum Gasteiger partial charge on any atom is 0.225 e. The van der Waals surface area contributed by atoms with Crippen molar-refractivity contribution in [3.8, 4) is 0 Å². The summed E-state index contributed by atoms with van der Waals surface area (Å²) in [4.78, 5) is 22.1. The lowest BCUT2D eigenvalue weighted by Gasteiger charge is -2.09. The Bertz CT molecular complexity index is 234. The molecule has 0 aliphatic carbocycles. The minimum atomic E-state index is -0.390. The van der Waals surface area contributed by atoms with Gasteiger partial charge in [-0.3, -0.25) is 9.59 Å². The van der Waals surface area contributed by atoms with Gasteiger partial charge in [0.25, 0.3) is 0 Å². The Kier molecular flexibility index (Phi) is 9.37. The predicted molar refractivity (Wildman–Crippen MR) is 63.4 cm³/mol. The molecule has 3 N–H and O–H groups in total. The Morgan fingerprint density at radius 1 is 1.24 bits per heavy atom. The first kappa shape index (κ1) is 15.9. The fourth-order valence-electron chi connectivity index (χ4n) is 0.993. The molecule has 1 atom stereocenters. The third kappa shape index (κ3) is 8.65. The highest BCUT2D eigenvalue weighted by Gasteiger charge is 2.09. The molecule has 0 saturated heterocycles. The summed E-state index contributed by atoms with van der Waals surface area (Å²) in [6.07, 6.45) is 0.467. The average Bonchev–Trinajstić information content (AvgIpc) is 2.35. The Hall–Kier alpha value is -1.14. The van der Waals surface area contributed by atoms with Gasteiger partial charge in [-0.25, -0.2) is 0 Å². The smallest absolute Gasteiger partial charge is 0.225 e. The third-order valence-electron chi connectivity index (χ3n) is 2.16. The van der Waals surface area contributed by atoms with Crippen molar-refractivity contribution >= 4 is 11.8 Å². The van der Waals surface area contributed by atoms with E-state index < -0.39 is 0 Å². The number of ether oxygens (including phenoxy) is 1. The Labute approximate surface area is 102 Å². The molecular formula is C11H22N2O4. The summed E-state index contributed by atoms with van der Waals surface area (Å²) in [7, 11) is 0. The van der Waals surface area contributed by atoms with Gasteiger partial charge >= 0.3 is 0 Å². The van der Waals surface area contributed by atoms with Crippen LogP contribution >= 0.6 is 0 Å². The van der Waals surface area contributed by atoms with E-state index in [4.69, 9.17) is 9.84 Å². The SMILES string of the molecule is CCC(=O)NCCOCCNC(=O)C(C)CO. The summed E-state index contributed by atoms with van der Waals surface area (Å²) in [5, 5.41) is 14.0. The first-order valence-electron chi connectivity index (χ1n) is 5.84. The van der Waals surface area contributed by atoms with Crippen LogP contribution in [0.5, 0.6) is 0 Å². The van der Waals surface area contributed by atoms with Crippen LogP contribution in [0, 0.1) is 5.92 Å². The maximum atomic E-state index is 11.2. The number of amides is 2. The molecule has 17 heavy (non-hydrogen) atoms. The van der Waals surface area contributed by atoms with Crippen molar-refractivity contribution in [3.05, 3.63) is 0 Å². The summed E-state index contributed by atoms with van der Waals surface area (Å²) in [5.41, 5.74) is 0. The monoisotopic (exact) mass is 246 g/mol. The van der Waals surface area contributed by atoms with Crippen LogP contribution in [0.25, 0.3) is 0 Å². The van der Waals surface area contributed by atoms with Gasteiger partial charge in [0.05, 0.1) is 25.7 Å². The van der Waals surface area contributed by atoms with Crippen molar-refractivity contribution in [2.75, 3.05) is 32.9 Å². The zero-order valence-electron chi connectivity index (χ0n) is 10.5. The number of carbonyl (C=O) groups is 2. The molecule has 0 bridgehead atoms. The molecule has 0 aromatic carbocycles. The fourth-order valence-corrected chi connectivity index (χ4v) is 0.993. The van der Waals surface area contributed by atoms with E-state index in [1.807, 2.05) is 0 Å². The Balaban J connectivity index is 3.29. The Morgan fingerprint density at radius 3 is 2.35 bits per heavy atom. The van der Waals surface area contributed by atoms with Crippen molar-refractivity contribution in [1.82, 2.24) is 10.6 Å². The lowest BCUT2D eigenvalue weighted by Crippen LogP contribution is -2.34. The zero-order valence-corrected chi connectivity index (χ0v) is 10.5. The van der Waals surface area contributed by atoms with Gasteiger partial charge < -0.3 is 20.5 Å². The van der Waals surface area contributed by atoms with Crippen LogP contribution in [-0.2, 0) is 14.3 Å². The maximum absolute atomic E-state index is 11.2. The molecule has 2 amide bonds. The van der Waals surface area contributed by atoms with E-state index in [1.165, 1.54) is 0 Å². The molecule has 0 saturated carbocycles. The molecule has 0 rings (SSSR count). The second kappa shape index (κ2) is 10.0. The van der Waals surface area contributed by atoms with Crippen LogP contribution in [0.1, 0.15) is 20.3 Å². The molecule has 0 heterocycles. The normalized spacial score (nSPS) is 11.9. The molecule has 0 aromatic heterocycles. The lowest BCUT2D eigenvalue weighted by molar-refractivity contribution is -0.125. The highest BCUT2D eigenvalue weighted by Crippen LogP contribution is 1.90. The standard InChI is InChI=1S/C11H22N2O4/c1-3-10(15)12-4-6-17-7-5-13-11(16)9(2)8-14/h9,14H,3-8H2,1-2H3,(H,12,15)(H,13,16). The van der Waals surface area contributed by atoms with E-state index in [0.717, 1.165) is 0 Å². The topological polar surface area (TPSA) is 87.7 Å². The minimum Gasteiger partial charge on any atom is -0.396 e. The fraction of sp³-hybridized carbons (Fsp3) is 0.818. The van der Waals surface area contributed by atoms with Crippen LogP contribution in [0.15, 0.2) is 0 Å². The van der Waals surface area contributed by atoms with Gasteiger partial charge in [0.15, 0.2) is 0 Å². The van der Waals surface area contributed by atoms with Crippen LogP contribution < -0.4 is 10.6 Å². The molecule has 0 aliphatic rings. The molecule has 1 unspecified atom stereocenters. The third-order valence-corrected chi connectivity index (χ3v) is 2.16. The number of aliphatic hydroxyl groups excluding tert-OH is 1. The first-order chi connectivity index (χ1) is 8.11. The van der Waals surface area contributed by atoms with E-state index in [-0.39, 0.29) is 24.3 Å². The summed E-state index contributed by atoms with van der Waals surface area (Å²) < 4.78 is 5.20. The van der Waals surface area contributed by atoms with Gasteiger partial charge in [-0.2, -0.15) is 0 Å². The summed E-state index contributed by atoms with van der Waals surface area (Å²) in [5.74, 6) is -0.576. The molecule has 0 radical (unpaired) electrons. The molecule has 6 nitrogen and oxygen atoms in total. The van der Waals surface area contributed by atoms with Gasteiger partial charge in [-0.05, 0) is 0 Å². The lowest BCUT2D eigenvalue weighted by atomic mass is 10.2. The predicted octanol–water partition coefficient (Wildman–Crippen LogP) is -0.726. The summed E-state index contributed by atoms with van der Waals surface area (Å²) in [6, 6.07) is 0. The molecule has 100 valence electrons. The second-order valence-electron chi connectivity index (χ2n) is 3.69. The number of nitrogens with one attached hydrogen (secondary N) is 2. The van der Waals surface area contributed by atoms with Gasteiger partial charge in [-0.15, -0.1) is 0 Å². The van der Waals surface area contributed by atoms with E-state index in [1.54, 1.807) is 13.8 Å².